The van der Waals surface area contributed by atoms with Gasteiger partial charge in [-0.05, 0) is 17.7 Å². The van der Waals surface area contributed by atoms with Crippen LogP contribution in [0.1, 0.15) is 0 Å². The van der Waals surface area contributed by atoms with Gasteiger partial charge in [0.2, 0.25) is 0 Å². The van der Waals surface area contributed by atoms with E-state index in [1.54, 1.807) is 36.7 Å². The summed E-state index contributed by atoms with van der Waals surface area (Å²) in [6.45, 7) is 0. The van der Waals surface area contributed by atoms with Gasteiger partial charge < -0.3 is 10.0 Å². The number of halogens is 1. The SMILES string of the molecule is OB(O)c1cccc(-c2ccncc2)c1F. The van der Waals surface area contributed by atoms with E-state index in [0.29, 0.717) is 11.1 Å². The van der Waals surface area contributed by atoms with Crippen molar-refractivity contribution in [2.75, 3.05) is 0 Å². The Bertz CT molecular complexity index is 491. The monoisotopic (exact) mass is 217 g/mol. The fraction of sp³-hybridized carbons (Fsp3) is 0. The van der Waals surface area contributed by atoms with Crippen LogP contribution in [0.5, 0.6) is 0 Å². The summed E-state index contributed by atoms with van der Waals surface area (Å²) in [5.74, 6) is -0.622. The van der Waals surface area contributed by atoms with Crippen molar-refractivity contribution in [2.45, 2.75) is 0 Å². The molecule has 0 aliphatic heterocycles. The summed E-state index contributed by atoms with van der Waals surface area (Å²) in [5.41, 5.74) is 0.845. The summed E-state index contributed by atoms with van der Waals surface area (Å²) < 4.78 is 13.9. The fourth-order valence-electron chi connectivity index (χ4n) is 1.50. The van der Waals surface area contributed by atoms with E-state index in [1.807, 2.05) is 0 Å². The standard InChI is InChI=1S/C11H9BFNO2/c13-11-9(8-4-6-14-7-5-8)2-1-3-10(11)12(15)16/h1-7,15-16H. The van der Waals surface area contributed by atoms with Gasteiger partial charge in [-0.2, -0.15) is 0 Å². The van der Waals surface area contributed by atoms with Crippen molar-refractivity contribution in [3.63, 3.8) is 0 Å². The van der Waals surface area contributed by atoms with E-state index in [9.17, 15) is 4.39 Å². The van der Waals surface area contributed by atoms with Crippen LogP contribution in [-0.2, 0) is 0 Å². The van der Waals surface area contributed by atoms with Gasteiger partial charge in [0.15, 0.2) is 0 Å². The minimum atomic E-state index is -1.80. The summed E-state index contributed by atoms with van der Waals surface area (Å²) in [4.78, 5) is 3.84. The third-order valence-corrected chi connectivity index (χ3v) is 2.30. The third-order valence-electron chi connectivity index (χ3n) is 2.30. The number of hydrogen-bond donors (Lipinski definition) is 2. The molecule has 0 atom stereocenters. The summed E-state index contributed by atoms with van der Waals surface area (Å²) in [5, 5.41) is 18.0. The molecule has 0 fully saturated rings. The molecule has 0 aliphatic rings. The minimum Gasteiger partial charge on any atom is -0.423 e. The lowest BCUT2D eigenvalue weighted by Gasteiger charge is -2.07. The van der Waals surface area contributed by atoms with Crippen LogP contribution >= 0.6 is 0 Å². The first-order valence-electron chi connectivity index (χ1n) is 4.75. The Balaban J connectivity index is 2.55. The zero-order valence-electron chi connectivity index (χ0n) is 8.34. The maximum Gasteiger partial charge on any atom is 0.491 e. The summed E-state index contributed by atoms with van der Waals surface area (Å²) >= 11 is 0. The number of pyridine rings is 1. The Morgan fingerprint density at radius 1 is 1.06 bits per heavy atom. The van der Waals surface area contributed by atoms with Crippen molar-refractivity contribution in [1.82, 2.24) is 4.98 Å². The van der Waals surface area contributed by atoms with E-state index in [2.05, 4.69) is 4.98 Å². The lowest BCUT2D eigenvalue weighted by atomic mass is 9.78. The summed E-state index contributed by atoms with van der Waals surface area (Å²) in [7, 11) is -1.80. The summed E-state index contributed by atoms with van der Waals surface area (Å²) in [6, 6.07) is 7.81. The smallest absolute Gasteiger partial charge is 0.423 e. The highest BCUT2D eigenvalue weighted by atomic mass is 19.1. The number of aromatic nitrogens is 1. The normalized spacial score (nSPS) is 10.2. The number of hydrogen-bond acceptors (Lipinski definition) is 3. The first-order chi connectivity index (χ1) is 7.70. The van der Waals surface area contributed by atoms with Crippen LogP contribution in [0.15, 0.2) is 42.7 Å². The molecule has 0 aliphatic carbocycles. The largest absolute Gasteiger partial charge is 0.491 e. The van der Waals surface area contributed by atoms with Crippen molar-refractivity contribution in [2.24, 2.45) is 0 Å². The first-order valence-corrected chi connectivity index (χ1v) is 4.75. The van der Waals surface area contributed by atoms with E-state index in [0.717, 1.165) is 0 Å². The van der Waals surface area contributed by atoms with Crippen LogP contribution in [0.2, 0.25) is 0 Å². The zero-order chi connectivity index (χ0) is 11.5. The molecule has 2 rings (SSSR count). The second kappa shape index (κ2) is 4.43. The van der Waals surface area contributed by atoms with Gasteiger partial charge in [0, 0.05) is 23.4 Å². The second-order valence-corrected chi connectivity index (χ2v) is 3.32. The van der Waals surface area contributed by atoms with E-state index in [4.69, 9.17) is 10.0 Å². The summed E-state index contributed by atoms with van der Waals surface area (Å²) in [6.07, 6.45) is 3.10. The molecule has 16 heavy (non-hydrogen) atoms. The van der Waals surface area contributed by atoms with Crippen LogP contribution in [0, 0.1) is 5.82 Å². The average Bonchev–Trinajstić information content (AvgIpc) is 2.30. The molecule has 0 saturated carbocycles. The first kappa shape index (κ1) is 10.8. The van der Waals surface area contributed by atoms with Crippen LogP contribution in [0.3, 0.4) is 0 Å². The van der Waals surface area contributed by atoms with Gasteiger partial charge in [-0.3, -0.25) is 4.98 Å². The molecular formula is C11H9BFNO2. The Morgan fingerprint density at radius 2 is 1.75 bits per heavy atom. The molecule has 0 saturated heterocycles. The number of rotatable bonds is 2. The molecule has 0 bridgehead atoms. The minimum absolute atomic E-state index is 0.130. The van der Waals surface area contributed by atoms with Gasteiger partial charge >= 0.3 is 7.12 Å². The van der Waals surface area contributed by atoms with Crippen molar-refractivity contribution in [3.8, 4) is 11.1 Å². The number of benzene rings is 1. The Morgan fingerprint density at radius 3 is 2.38 bits per heavy atom. The molecule has 0 unspecified atom stereocenters. The lowest BCUT2D eigenvalue weighted by molar-refractivity contribution is 0.423. The molecular weight excluding hydrogens is 208 g/mol. The molecule has 0 radical (unpaired) electrons. The fourth-order valence-corrected chi connectivity index (χ4v) is 1.50. The average molecular weight is 217 g/mol. The highest BCUT2D eigenvalue weighted by Crippen LogP contribution is 2.20. The molecule has 0 spiro atoms. The Labute approximate surface area is 92.4 Å². The van der Waals surface area contributed by atoms with Crippen LogP contribution in [-0.4, -0.2) is 22.2 Å². The molecule has 2 N–H and O–H groups in total. The van der Waals surface area contributed by atoms with E-state index in [-0.39, 0.29) is 5.46 Å². The highest BCUT2D eigenvalue weighted by molar-refractivity contribution is 6.58. The van der Waals surface area contributed by atoms with Crippen LogP contribution < -0.4 is 5.46 Å². The molecule has 3 nitrogen and oxygen atoms in total. The van der Waals surface area contributed by atoms with Crippen LogP contribution in [0.4, 0.5) is 4.39 Å². The molecule has 80 valence electrons. The highest BCUT2D eigenvalue weighted by Gasteiger charge is 2.18. The van der Waals surface area contributed by atoms with Gasteiger partial charge in [-0.15, -0.1) is 0 Å². The molecule has 5 heteroatoms. The van der Waals surface area contributed by atoms with Gasteiger partial charge in [0.1, 0.15) is 5.82 Å². The third kappa shape index (κ3) is 1.96. The molecule has 1 aromatic carbocycles. The van der Waals surface area contributed by atoms with Gasteiger partial charge in [0.05, 0.1) is 0 Å². The molecule has 1 heterocycles. The van der Waals surface area contributed by atoms with Crippen LogP contribution in [0.25, 0.3) is 11.1 Å². The maximum atomic E-state index is 13.9. The van der Waals surface area contributed by atoms with E-state index < -0.39 is 12.9 Å². The van der Waals surface area contributed by atoms with Crippen molar-refractivity contribution >= 4 is 12.6 Å². The van der Waals surface area contributed by atoms with E-state index >= 15 is 0 Å². The Hall–Kier alpha value is -1.72. The topological polar surface area (TPSA) is 53.4 Å². The number of nitrogens with zero attached hydrogens (tertiary/aromatic N) is 1. The van der Waals surface area contributed by atoms with Gasteiger partial charge in [-0.1, -0.05) is 18.2 Å². The predicted octanol–water partition coefficient (Wildman–Crippen LogP) is 0.567. The zero-order valence-corrected chi connectivity index (χ0v) is 8.34. The Kier molecular flexibility index (Phi) is 2.98. The lowest BCUT2D eigenvalue weighted by Crippen LogP contribution is -2.32. The maximum absolute atomic E-state index is 13.9. The molecule has 2 aromatic rings. The van der Waals surface area contributed by atoms with Crippen molar-refractivity contribution in [1.29, 1.82) is 0 Å². The second-order valence-electron chi connectivity index (χ2n) is 3.32. The molecule has 1 aromatic heterocycles. The van der Waals surface area contributed by atoms with Gasteiger partial charge in [-0.25, -0.2) is 4.39 Å². The van der Waals surface area contributed by atoms with Crippen molar-refractivity contribution in [3.05, 3.63) is 48.5 Å². The molecule has 0 amide bonds. The van der Waals surface area contributed by atoms with Gasteiger partial charge in [0.25, 0.3) is 0 Å². The van der Waals surface area contributed by atoms with Crippen molar-refractivity contribution < 1.29 is 14.4 Å². The quantitative estimate of drug-likeness (QED) is 0.723. The van der Waals surface area contributed by atoms with E-state index in [1.165, 1.54) is 6.07 Å². The predicted molar refractivity (Wildman–Crippen MR) is 59.5 cm³/mol.